The van der Waals surface area contributed by atoms with Crippen LogP contribution >= 0.6 is 0 Å². The molecular formula is C8H11O5. The average molecular weight is 187 g/mol. The van der Waals surface area contributed by atoms with E-state index in [1.54, 1.807) is 26.0 Å². The minimum Gasteiger partial charge on any atom is -0.386 e. The monoisotopic (exact) mass is 187 g/mol. The molecule has 0 aromatic carbocycles. The number of hydrogen-bond acceptors (Lipinski definition) is 4. The number of aliphatic hydroxyl groups excluding tert-OH is 1. The van der Waals surface area contributed by atoms with Gasteiger partial charge in [0.25, 0.3) is 0 Å². The Morgan fingerprint density at radius 2 is 2.15 bits per heavy atom. The molecule has 73 valence electrons. The van der Waals surface area contributed by atoms with Crippen molar-refractivity contribution in [3.8, 4) is 0 Å². The predicted molar refractivity (Wildman–Crippen MR) is 39.7 cm³/mol. The van der Waals surface area contributed by atoms with Gasteiger partial charge in [0.15, 0.2) is 5.60 Å². The van der Waals surface area contributed by atoms with Gasteiger partial charge in [-0.15, -0.1) is 0 Å². The van der Waals surface area contributed by atoms with Crippen LogP contribution in [0.25, 0.3) is 0 Å². The minimum atomic E-state index is -1.11. The SMILES string of the molecule is CC12C=CC(O[O])C(C)(OO1)C2O. The van der Waals surface area contributed by atoms with Gasteiger partial charge in [-0.05, 0) is 25.2 Å². The molecule has 1 aliphatic carbocycles. The molecule has 1 aliphatic heterocycles. The van der Waals surface area contributed by atoms with Gasteiger partial charge >= 0.3 is 0 Å². The van der Waals surface area contributed by atoms with E-state index in [-0.39, 0.29) is 0 Å². The van der Waals surface area contributed by atoms with Gasteiger partial charge in [0, 0.05) is 0 Å². The second kappa shape index (κ2) is 2.52. The second-order valence-corrected chi connectivity index (χ2v) is 3.81. The highest BCUT2D eigenvalue weighted by Crippen LogP contribution is 2.43. The smallest absolute Gasteiger partial charge is 0.162 e. The van der Waals surface area contributed by atoms with Gasteiger partial charge < -0.3 is 5.11 Å². The van der Waals surface area contributed by atoms with Gasteiger partial charge in [0.2, 0.25) is 0 Å². The van der Waals surface area contributed by atoms with E-state index in [4.69, 9.17) is 9.78 Å². The van der Waals surface area contributed by atoms with Crippen LogP contribution in [0.3, 0.4) is 0 Å². The Balaban J connectivity index is 2.40. The third-order valence-electron chi connectivity index (χ3n) is 2.76. The third-order valence-corrected chi connectivity index (χ3v) is 2.76. The molecular weight excluding hydrogens is 176 g/mol. The van der Waals surface area contributed by atoms with Gasteiger partial charge in [-0.2, -0.15) is 4.89 Å². The molecule has 13 heavy (non-hydrogen) atoms. The molecule has 0 spiro atoms. The maximum atomic E-state index is 10.3. The molecule has 0 aromatic rings. The fourth-order valence-corrected chi connectivity index (χ4v) is 1.76. The average Bonchev–Trinajstić information content (AvgIpc) is 2.29. The first-order valence-electron chi connectivity index (χ1n) is 4.06. The van der Waals surface area contributed by atoms with Crippen molar-refractivity contribution < 1.29 is 25.0 Å². The molecule has 0 saturated carbocycles. The summed E-state index contributed by atoms with van der Waals surface area (Å²) in [7, 11) is 0. The standard InChI is InChI=1S/C8H11O5/c1-7-4-3-5(11-10)8(2,6(7)9)13-12-7/h3-6,9H,1-2H3. The zero-order valence-electron chi connectivity index (χ0n) is 7.39. The first-order chi connectivity index (χ1) is 6.03. The van der Waals surface area contributed by atoms with Crippen LogP contribution in [-0.2, 0) is 19.9 Å². The summed E-state index contributed by atoms with van der Waals surface area (Å²) in [4.78, 5) is 13.8. The molecule has 4 atom stereocenters. The Bertz CT molecular complexity index is 253. The first-order valence-corrected chi connectivity index (χ1v) is 4.06. The Kier molecular flexibility index (Phi) is 1.77. The fraction of sp³-hybridized carbons (Fsp3) is 0.750. The van der Waals surface area contributed by atoms with Crippen molar-refractivity contribution in [1.29, 1.82) is 0 Å². The number of rotatable bonds is 1. The number of aliphatic hydroxyl groups is 1. The molecule has 1 radical (unpaired) electrons. The molecule has 0 amide bonds. The normalized spacial score (nSPS) is 54.2. The quantitative estimate of drug-likeness (QED) is 0.360. The zero-order valence-corrected chi connectivity index (χ0v) is 7.39. The summed E-state index contributed by atoms with van der Waals surface area (Å²) in [6.45, 7) is 3.26. The summed E-state index contributed by atoms with van der Waals surface area (Å²) in [5.74, 6) is 0. The van der Waals surface area contributed by atoms with Crippen LogP contribution < -0.4 is 0 Å². The van der Waals surface area contributed by atoms with E-state index in [1.165, 1.54) is 0 Å². The third kappa shape index (κ3) is 0.992. The van der Waals surface area contributed by atoms with E-state index in [0.717, 1.165) is 0 Å². The maximum absolute atomic E-state index is 10.3. The molecule has 4 unspecified atom stereocenters. The Hall–Kier alpha value is -0.460. The van der Waals surface area contributed by atoms with Gasteiger partial charge in [-0.3, -0.25) is 0 Å². The van der Waals surface area contributed by atoms with Crippen molar-refractivity contribution in [2.75, 3.05) is 0 Å². The van der Waals surface area contributed by atoms with E-state index in [9.17, 15) is 10.4 Å². The molecule has 5 nitrogen and oxygen atoms in total. The summed E-state index contributed by atoms with van der Waals surface area (Å²) >= 11 is 0. The lowest BCUT2D eigenvalue weighted by Gasteiger charge is -2.34. The largest absolute Gasteiger partial charge is 0.386 e. The topological polar surface area (TPSA) is 67.8 Å². The van der Waals surface area contributed by atoms with Crippen molar-refractivity contribution in [2.45, 2.75) is 37.3 Å². The van der Waals surface area contributed by atoms with Crippen LogP contribution in [-0.4, -0.2) is 28.5 Å². The fourth-order valence-electron chi connectivity index (χ4n) is 1.76. The van der Waals surface area contributed by atoms with Crippen molar-refractivity contribution in [3.05, 3.63) is 12.2 Å². The van der Waals surface area contributed by atoms with E-state index >= 15 is 0 Å². The molecule has 1 saturated heterocycles. The molecule has 1 heterocycles. The lowest BCUT2D eigenvalue weighted by atomic mass is 9.78. The minimum absolute atomic E-state index is 0.821. The second-order valence-electron chi connectivity index (χ2n) is 3.81. The lowest BCUT2D eigenvalue weighted by Crippen LogP contribution is -2.55. The molecule has 2 bridgehead atoms. The van der Waals surface area contributed by atoms with E-state index < -0.39 is 23.4 Å². The van der Waals surface area contributed by atoms with Gasteiger partial charge in [-0.25, -0.2) is 9.78 Å². The lowest BCUT2D eigenvalue weighted by molar-refractivity contribution is -0.394. The van der Waals surface area contributed by atoms with E-state index in [1.807, 2.05) is 0 Å². The molecule has 1 fully saturated rings. The predicted octanol–water partition coefficient (Wildman–Crippen LogP) is 0.127. The van der Waals surface area contributed by atoms with Gasteiger partial charge in [0.05, 0.1) is 0 Å². The van der Waals surface area contributed by atoms with Crippen LogP contribution in [0.5, 0.6) is 0 Å². The van der Waals surface area contributed by atoms with Crippen molar-refractivity contribution in [2.24, 2.45) is 0 Å². The first kappa shape index (κ1) is 9.11. The van der Waals surface area contributed by atoms with Crippen LogP contribution in [0.15, 0.2) is 12.2 Å². The van der Waals surface area contributed by atoms with Crippen LogP contribution in [0.2, 0.25) is 0 Å². The van der Waals surface area contributed by atoms with Crippen LogP contribution in [0, 0.1) is 0 Å². The highest BCUT2D eigenvalue weighted by atomic mass is 17.2. The summed E-state index contributed by atoms with van der Waals surface area (Å²) in [6, 6.07) is 0. The van der Waals surface area contributed by atoms with Gasteiger partial charge in [0.1, 0.15) is 17.8 Å². The Morgan fingerprint density at radius 3 is 2.77 bits per heavy atom. The van der Waals surface area contributed by atoms with Crippen LogP contribution in [0.4, 0.5) is 0 Å². The summed E-state index contributed by atoms with van der Waals surface area (Å²) in [5, 5.41) is 20.1. The van der Waals surface area contributed by atoms with Crippen molar-refractivity contribution >= 4 is 0 Å². The summed E-state index contributed by atoms with van der Waals surface area (Å²) < 4.78 is 0. The number of fused-ring (bicyclic) bond motifs is 2. The van der Waals surface area contributed by atoms with Gasteiger partial charge in [-0.1, -0.05) is 6.08 Å². The van der Waals surface area contributed by atoms with E-state index in [2.05, 4.69) is 4.89 Å². The Labute approximate surface area is 75.4 Å². The molecule has 1 N–H and O–H groups in total. The molecule has 2 aliphatic rings. The maximum Gasteiger partial charge on any atom is 0.162 e. The van der Waals surface area contributed by atoms with Crippen molar-refractivity contribution in [3.63, 3.8) is 0 Å². The highest BCUT2D eigenvalue weighted by molar-refractivity contribution is 5.22. The molecule has 5 heteroatoms. The van der Waals surface area contributed by atoms with E-state index in [0.29, 0.717) is 0 Å². The zero-order chi connectivity index (χ0) is 9.69. The highest BCUT2D eigenvalue weighted by Gasteiger charge is 2.61. The number of hydrogen-bond donors (Lipinski definition) is 1. The van der Waals surface area contributed by atoms with Crippen molar-refractivity contribution in [1.82, 2.24) is 0 Å². The Morgan fingerprint density at radius 1 is 1.46 bits per heavy atom. The summed E-state index contributed by atoms with van der Waals surface area (Å²) in [5.41, 5.74) is -1.98. The molecule has 0 aromatic heterocycles. The summed E-state index contributed by atoms with van der Waals surface area (Å²) in [6.07, 6.45) is 1.41. The van der Waals surface area contributed by atoms with Crippen LogP contribution in [0.1, 0.15) is 13.8 Å². The molecule has 2 rings (SSSR count).